The SMILES string of the molecule is Cc1cnc2c(C)cccc2c1N1CCC(n2cnc(C(N)=O)c2N)CC1. The largest absolute Gasteiger partial charge is 0.383 e. The van der Waals surface area contributed by atoms with E-state index in [9.17, 15) is 4.79 Å². The summed E-state index contributed by atoms with van der Waals surface area (Å²) in [5.41, 5.74) is 16.3. The molecule has 1 saturated heterocycles. The van der Waals surface area contributed by atoms with Gasteiger partial charge < -0.3 is 20.9 Å². The Morgan fingerprint density at radius 2 is 1.89 bits per heavy atom. The molecule has 0 spiro atoms. The zero-order valence-electron chi connectivity index (χ0n) is 15.6. The molecule has 1 aromatic carbocycles. The van der Waals surface area contributed by atoms with E-state index in [4.69, 9.17) is 11.5 Å². The van der Waals surface area contributed by atoms with Crippen molar-refractivity contribution in [1.29, 1.82) is 0 Å². The molecule has 0 radical (unpaired) electrons. The number of fused-ring (bicyclic) bond motifs is 1. The fraction of sp³-hybridized carbons (Fsp3) is 0.350. The molecule has 4 rings (SSSR count). The number of nitrogens with zero attached hydrogens (tertiary/aromatic N) is 4. The molecule has 7 heteroatoms. The van der Waals surface area contributed by atoms with Gasteiger partial charge in [0.15, 0.2) is 5.69 Å². The first-order valence-corrected chi connectivity index (χ1v) is 9.19. The minimum Gasteiger partial charge on any atom is -0.383 e. The highest BCUT2D eigenvalue weighted by atomic mass is 16.1. The van der Waals surface area contributed by atoms with Crippen LogP contribution >= 0.6 is 0 Å². The van der Waals surface area contributed by atoms with Crippen molar-refractivity contribution in [1.82, 2.24) is 14.5 Å². The molecule has 1 aliphatic rings. The van der Waals surface area contributed by atoms with Crippen LogP contribution in [-0.2, 0) is 0 Å². The quantitative estimate of drug-likeness (QED) is 0.743. The van der Waals surface area contributed by atoms with Crippen LogP contribution in [0.15, 0.2) is 30.7 Å². The number of aromatic nitrogens is 3. The summed E-state index contributed by atoms with van der Waals surface area (Å²) >= 11 is 0. The average Bonchev–Trinajstić information content (AvgIpc) is 3.04. The van der Waals surface area contributed by atoms with Crippen LogP contribution in [0.25, 0.3) is 10.9 Å². The summed E-state index contributed by atoms with van der Waals surface area (Å²) in [5.74, 6) is -0.222. The second kappa shape index (κ2) is 6.57. The van der Waals surface area contributed by atoms with E-state index in [2.05, 4.69) is 46.9 Å². The van der Waals surface area contributed by atoms with Crippen LogP contribution in [0.2, 0.25) is 0 Å². The molecule has 3 aromatic rings. The highest BCUT2D eigenvalue weighted by molar-refractivity contribution is 5.95. The van der Waals surface area contributed by atoms with E-state index in [1.807, 2.05) is 10.8 Å². The first kappa shape index (κ1) is 17.3. The molecule has 1 aliphatic heterocycles. The number of aryl methyl sites for hydroxylation is 2. The molecule has 0 saturated carbocycles. The zero-order chi connectivity index (χ0) is 19.1. The molecule has 4 N–H and O–H groups in total. The molecule has 2 aromatic heterocycles. The van der Waals surface area contributed by atoms with Gasteiger partial charge in [0.05, 0.1) is 17.5 Å². The van der Waals surface area contributed by atoms with Crippen LogP contribution in [0.4, 0.5) is 11.5 Å². The van der Waals surface area contributed by atoms with E-state index in [1.165, 1.54) is 22.2 Å². The third kappa shape index (κ3) is 2.89. The van der Waals surface area contributed by atoms with Gasteiger partial charge in [-0.05, 0) is 37.8 Å². The first-order valence-electron chi connectivity index (χ1n) is 9.19. The Kier molecular flexibility index (Phi) is 4.22. The van der Waals surface area contributed by atoms with E-state index in [0.29, 0.717) is 5.82 Å². The number of primary amides is 1. The Labute approximate surface area is 158 Å². The Bertz CT molecular complexity index is 1020. The molecule has 27 heavy (non-hydrogen) atoms. The molecule has 1 fully saturated rings. The topological polar surface area (TPSA) is 103 Å². The van der Waals surface area contributed by atoms with Crippen molar-refractivity contribution in [2.75, 3.05) is 23.7 Å². The Hall–Kier alpha value is -3.09. The maximum absolute atomic E-state index is 11.4. The highest BCUT2D eigenvalue weighted by Crippen LogP contribution is 2.35. The van der Waals surface area contributed by atoms with Gasteiger partial charge in [0.2, 0.25) is 0 Å². The van der Waals surface area contributed by atoms with E-state index in [1.54, 1.807) is 6.33 Å². The van der Waals surface area contributed by atoms with Crippen LogP contribution < -0.4 is 16.4 Å². The number of benzene rings is 1. The van der Waals surface area contributed by atoms with Crippen LogP contribution in [0, 0.1) is 13.8 Å². The van der Waals surface area contributed by atoms with Gasteiger partial charge in [0, 0.05) is 30.7 Å². The van der Waals surface area contributed by atoms with Crippen molar-refractivity contribution in [2.24, 2.45) is 5.73 Å². The van der Waals surface area contributed by atoms with E-state index in [0.717, 1.165) is 31.4 Å². The first-order chi connectivity index (χ1) is 13.0. The maximum atomic E-state index is 11.4. The van der Waals surface area contributed by atoms with Gasteiger partial charge >= 0.3 is 0 Å². The average molecular weight is 364 g/mol. The number of pyridine rings is 1. The van der Waals surface area contributed by atoms with Gasteiger partial charge in [-0.2, -0.15) is 0 Å². The molecule has 0 aliphatic carbocycles. The number of carbonyl (C=O) groups is 1. The predicted molar refractivity (Wildman–Crippen MR) is 107 cm³/mol. The lowest BCUT2D eigenvalue weighted by Crippen LogP contribution is -2.35. The number of para-hydroxylation sites is 1. The Morgan fingerprint density at radius 3 is 2.56 bits per heavy atom. The lowest BCUT2D eigenvalue weighted by atomic mass is 10.0. The zero-order valence-corrected chi connectivity index (χ0v) is 15.6. The van der Waals surface area contributed by atoms with Crippen molar-refractivity contribution in [2.45, 2.75) is 32.7 Å². The molecule has 0 unspecified atom stereocenters. The molecule has 0 bridgehead atoms. The van der Waals surface area contributed by atoms with Gasteiger partial charge in [-0.25, -0.2) is 4.98 Å². The number of nitrogens with two attached hydrogens (primary N) is 2. The van der Waals surface area contributed by atoms with E-state index in [-0.39, 0.29) is 11.7 Å². The summed E-state index contributed by atoms with van der Waals surface area (Å²) in [6.45, 7) is 6.02. The number of nitrogen functional groups attached to an aromatic ring is 1. The molecule has 0 atom stereocenters. The fourth-order valence-electron chi connectivity index (χ4n) is 4.10. The van der Waals surface area contributed by atoms with Gasteiger partial charge in [0.25, 0.3) is 5.91 Å². The molecular weight excluding hydrogens is 340 g/mol. The molecule has 7 nitrogen and oxygen atoms in total. The number of hydrogen-bond donors (Lipinski definition) is 2. The van der Waals surface area contributed by atoms with Crippen molar-refractivity contribution >= 4 is 28.3 Å². The third-order valence-electron chi connectivity index (χ3n) is 5.49. The minimum absolute atomic E-state index is 0.156. The van der Waals surface area contributed by atoms with Gasteiger partial charge in [-0.3, -0.25) is 9.78 Å². The van der Waals surface area contributed by atoms with Crippen LogP contribution in [0.1, 0.15) is 40.5 Å². The molecule has 140 valence electrons. The third-order valence-corrected chi connectivity index (χ3v) is 5.49. The molecule has 1 amide bonds. The van der Waals surface area contributed by atoms with Crippen molar-refractivity contribution in [3.8, 4) is 0 Å². The fourth-order valence-corrected chi connectivity index (χ4v) is 4.10. The Morgan fingerprint density at radius 1 is 1.15 bits per heavy atom. The monoisotopic (exact) mass is 364 g/mol. The van der Waals surface area contributed by atoms with Gasteiger partial charge in [-0.15, -0.1) is 0 Å². The standard InChI is InChI=1S/C20H24N6O/c1-12-4-3-5-15-16(12)23-10-13(2)18(15)25-8-6-14(7-9-25)26-11-24-17(19(26)21)20(22)27/h3-5,10-11,14H,6-9,21H2,1-2H3,(H2,22,27). The van der Waals surface area contributed by atoms with Crippen LogP contribution in [0.3, 0.4) is 0 Å². The van der Waals surface area contributed by atoms with Crippen LogP contribution in [-0.4, -0.2) is 33.5 Å². The number of carbonyl (C=O) groups excluding carboxylic acids is 1. The second-order valence-electron chi connectivity index (χ2n) is 7.23. The number of rotatable bonds is 3. The lowest BCUT2D eigenvalue weighted by molar-refractivity contribution is 0.0997. The van der Waals surface area contributed by atoms with Crippen molar-refractivity contribution in [3.05, 3.63) is 47.5 Å². The smallest absolute Gasteiger partial charge is 0.271 e. The lowest BCUT2D eigenvalue weighted by Gasteiger charge is -2.36. The van der Waals surface area contributed by atoms with Crippen molar-refractivity contribution < 1.29 is 4.79 Å². The molecular formula is C20H24N6O. The predicted octanol–water partition coefficient (Wildman–Crippen LogP) is 2.57. The maximum Gasteiger partial charge on any atom is 0.271 e. The molecule has 3 heterocycles. The van der Waals surface area contributed by atoms with E-state index >= 15 is 0 Å². The number of amides is 1. The number of anilines is 2. The minimum atomic E-state index is -0.585. The summed E-state index contributed by atoms with van der Waals surface area (Å²) in [5, 5.41) is 1.20. The second-order valence-corrected chi connectivity index (χ2v) is 7.23. The van der Waals surface area contributed by atoms with Gasteiger partial charge in [0.1, 0.15) is 5.82 Å². The summed E-state index contributed by atoms with van der Waals surface area (Å²) < 4.78 is 1.89. The normalized spacial score (nSPS) is 15.4. The summed E-state index contributed by atoms with van der Waals surface area (Å²) in [4.78, 5) is 22.5. The number of imidazole rings is 1. The number of piperidine rings is 1. The van der Waals surface area contributed by atoms with Gasteiger partial charge in [-0.1, -0.05) is 18.2 Å². The number of hydrogen-bond acceptors (Lipinski definition) is 5. The summed E-state index contributed by atoms with van der Waals surface area (Å²) in [6, 6.07) is 6.55. The van der Waals surface area contributed by atoms with Crippen molar-refractivity contribution in [3.63, 3.8) is 0 Å². The highest BCUT2D eigenvalue weighted by Gasteiger charge is 2.26. The summed E-state index contributed by atoms with van der Waals surface area (Å²) in [6.07, 6.45) is 5.44. The Balaban J connectivity index is 1.60. The van der Waals surface area contributed by atoms with Crippen LogP contribution in [0.5, 0.6) is 0 Å². The summed E-state index contributed by atoms with van der Waals surface area (Å²) in [7, 11) is 0. The van der Waals surface area contributed by atoms with E-state index < -0.39 is 5.91 Å².